The minimum Gasteiger partial charge on any atom is -0.339 e. The fraction of sp³-hybridized carbons (Fsp3) is 0.143. The molecule has 5 aromatic rings. The van der Waals surface area contributed by atoms with Gasteiger partial charge in [-0.25, -0.2) is 9.37 Å². The van der Waals surface area contributed by atoms with Crippen molar-refractivity contribution in [2.75, 3.05) is 0 Å². The molecule has 1 aliphatic carbocycles. The number of fused-ring (bicyclic) bond motifs is 1. The van der Waals surface area contributed by atoms with Crippen LogP contribution < -0.4 is 0 Å². The van der Waals surface area contributed by atoms with Gasteiger partial charge in [0.15, 0.2) is 0 Å². The number of halogens is 1. The van der Waals surface area contributed by atoms with Crippen molar-refractivity contribution < 1.29 is 8.91 Å². The van der Waals surface area contributed by atoms with Crippen LogP contribution in [-0.4, -0.2) is 29.7 Å². The van der Waals surface area contributed by atoms with Crippen LogP contribution in [0.3, 0.4) is 0 Å². The molecule has 8 heteroatoms. The smallest absolute Gasteiger partial charge is 0.230 e. The molecular formula is C21H15FN6O. The molecule has 0 unspecified atom stereocenters. The molecule has 1 aromatic carbocycles. The normalized spacial score (nSPS) is 14.0. The van der Waals surface area contributed by atoms with Crippen LogP contribution in [0, 0.1) is 5.82 Å². The number of nitrogens with one attached hydrogen (secondary N) is 1. The van der Waals surface area contributed by atoms with Gasteiger partial charge < -0.3 is 4.52 Å². The second-order valence-electron chi connectivity index (χ2n) is 7.16. The third-order valence-corrected chi connectivity index (χ3v) is 5.20. The van der Waals surface area contributed by atoms with Crippen LogP contribution in [-0.2, 0) is 0 Å². The van der Waals surface area contributed by atoms with E-state index in [4.69, 9.17) is 4.52 Å². The van der Waals surface area contributed by atoms with Gasteiger partial charge in [-0.2, -0.15) is 10.1 Å². The summed E-state index contributed by atoms with van der Waals surface area (Å²) in [5, 5.41) is 11.2. The van der Waals surface area contributed by atoms with Gasteiger partial charge in [0.25, 0.3) is 0 Å². The monoisotopic (exact) mass is 386 g/mol. The first-order valence-corrected chi connectivity index (χ1v) is 9.37. The number of benzene rings is 1. The van der Waals surface area contributed by atoms with Gasteiger partial charge in [-0.15, -0.1) is 0 Å². The molecule has 29 heavy (non-hydrogen) atoms. The summed E-state index contributed by atoms with van der Waals surface area (Å²) in [6, 6.07) is 10.5. The van der Waals surface area contributed by atoms with Crippen molar-refractivity contribution in [2.45, 2.75) is 18.8 Å². The third-order valence-electron chi connectivity index (χ3n) is 5.20. The van der Waals surface area contributed by atoms with E-state index >= 15 is 0 Å². The Morgan fingerprint density at radius 1 is 1.07 bits per heavy atom. The summed E-state index contributed by atoms with van der Waals surface area (Å²) in [5.41, 5.74) is 4.27. The van der Waals surface area contributed by atoms with E-state index in [9.17, 15) is 4.39 Å². The molecule has 1 fully saturated rings. The molecule has 0 amide bonds. The second-order valence-corrected chi connectivity index (χ2v) is 7.16. The lowest BCUT2D eigenvalue weighted by atomic mass is 10.0. The largest absolute Gasteiger partial charge is 0.339 e. The number of H-pyrrole nitrogens is 1. The van der Waals surface area contributed by atoms with Gasteiger partial charge >= 0.3 is 0 Å². The van der Waals surface area contributed by atoms with Crippen LogP contribution >= 0.6 is 0 Å². The second kappa shape index (κ2) is 6.10. The fourth-order valence-electron chi connectivity index (χ4n) is 3.51. The van der Waals surface area contributed by atoms with Crippen molar-refractivity contribution in [3.05, 3.63) is 66.7 Å². The van der Waals surface area contributed by atoms with Gasteiger partial charge in [0.1, 0.15) is 17.2 Å². The lowest BCUT2D eigenvalue weighted by molar-refractivity contribution is 0.380. The van der Waals surface area contributed by atoms with E-state index in [1.807, 2.05) is 22.7 Å². The Hall–Kier alpha value is -3.81. The minimum absolute atomic E-state index is 0.304. The molecular weight excluding hydrogens is 371 g/mol. The van der Waals surface area contributed by atoms with Gasteiger partial charge in [0.05, 0.1) is 18.1 Å². The first kappa shape index (κ1) is 16.2. The number of aromatic nitrogens is 6. The highest BCUT2D eigenvalue weighted by Crippen LogP contribution is 2.39. The van der Waals surface area contributed by atoms with E-state index in [1.165, 1.54) is 6.07 Å². The molecule has 0 aliphatic heterocycles. The Kier molecular flexibility index (Phi) is 3.40. The highest BCUT2D eigenvalue weighted by Gasteiger charge is 2.30. The number of nitrogens with zero attached hydrogens (tertiary/aromatic N) is 5. The van der Waals surface area contributed by atoms with E-state index in [2.05, 4.69) is 25.3 Å². The summed E-state index contributed by atoms with van der Waals surface area (Å²) in [4.78, 5) is 8.97. The zero-order chi connectivity index (χ0) is 19.4. The zero-order valence-electron chi connectivity index (χ0n) is 15.2. The molecule has 142 valence electrons. The summed E-state index contributed by atoms with van der Waals surface area (Å²) in [7, 11) is 0. The highest BCUT2D eigenvalue weighted by atomic mass is 19.1. The number of pyridine rings is 1. The van der Waals surface area contributed by atoms with Crippen molar-refractivity contribution in [3.63, 3.8) is 0 Å². The van der Waals surface area contributed by atoms with Gasteiger partial charge in [0, 0.05) is 28.8 Å². The van der Waals surface area contributed by atoms with Gasteiger partial charge in [-0.1, -0.05) is 17.3 Å². The summed E-state index contributed by atoms with van der Waals surface area (Å²) in [6.45, 7) is 0. The standard InChI is InChI=1S/C21H15FN6O/c22-16-4-2-1-3-14(16)19-15(9-24-26-19)13-7-8-18-23-10-17(28(18)11-13)20-25-21(29-27-20)12-5-6-12/h1-4,7-12H,5-6H2,(H,24,26). The predicted octanol–water partition coefficient (Wildman–Crippen LogP) is 4.46. The van der Waals surface area contributed by atoms with E-state index in [0.717, 1.165) is 35.3 Å². The Labute approximate surface area is 164 Å². The SMILES string of the molecule is Fc1ccccc1-c1[nH]ncc1-c1ccc2ncc(-c3noc(C4CC4)n3)n2c1. The van der Waals surface area contributed by atoms with E-state index in [-0.39, 0.29) is 5.82 Å². The lowest BCUT2D eigenvalue weighted by Crippen LogP contribution is -1.92. The minimum atomic E-state index is -0.304. The van der Waals surface area contributed by atoms with Crippen molar-refractivity contribution in [1.82, 2.24) is 29.7 Å². The average Bonchev–Trinajstić information content (AvgIpc) is 3.15. The first-order chi connectivity index (χ1) is 14.3. The maximum atomic E-state index is 14.3. The molecule has 0 saturated heterocycles. The van der Waals surface area contributed by atoms with Crippen LogP contribution in [0.4, 0.5) is 4.39 Å². The molecule has 4 aromatic heterocycles. The number of rotatable bonds is 4. The maximum absolute atomic E-state index is 14.3. The van der Waals surface area contributed by atoms with Crippen molar-refractivity contribution in [2.24, 2.45) is 0 Å². The summed E-state index contributed by atoms with van der Waals surface area (Å²) < 4.78 is 21.6. The molecule has 1 aliphatic rings. The molecule has 1 N–H and O–H groups in total. The van der Waals surface area contributed by atoms with Gasteiger partial charge in [0.2, 0.25) is 11.7 Å². The Balaban J connectivity index is 1.47. The molecule has 0 atom stereocenters. The van der Waals surface area contributed by atoms with Crippen LogP contribution in [0.15, 0.2) is 59.5 Å². The third kappa shape index (κ3) is 2.64. The Morgan fingerprint density at radius 3 is 2.83 bits per heavy atom. The molecule has 4 heterocycles. The average molecular weight is 386 g/mol. The van der Waals surface area contributed by atoms with Gasteiger partial charge in [-0.05, 0) is 37.1 Å². The highest BCUT2D eigenvalue weighted by molar-refractivity contribution is 5.81. The quantitative estimate of drug-likeness (QED) is 0.493. The van der Waals surface area contributed by atoms with Crippen molar-refractivity contribution in [3.8, 4) is 33.9 Å². The molecule has 0 bridgehead atoms. The number of hydrogen-bond acceptors (Lipinski definition) is 5. The molecule has 6 rings (SSSR count). The maximum Gasteiger partial charge on any atom is 0.230 e. The predicted molar refractivity (Wildman–Crippen MR) is 103 cm³/mol. The topological polar surface area (TPSA) is 84.9 Å². The number of imidazole rings is 1. The first-order valence-electron chi connectivity index (χ1n) is 9.37. The van der Waals surface area contributed by atoms with E-state index in [1.54, 1.807) is 30.6 Å². The Bertz CT molecular complexity index is 1350. The van der Waals surface area contributed by atoms with Crippen LogP contribution in [0.5, 0.6) is 0 Å². The van der Waals surface area contributed by atoms with Crippen LogP contribution in [0.1, 0.15) is 24.7 Å². The number of hydrogen-bond donors (Lipinski definition) is 1. The van der Waals surface area contributed by atoms with Gasteiger partial charge in [-0.3, -0.25) is 9.50 Å². The lowest BCUT2D eigenvalue weighted by Gasteiger charge is -2.06. The van der Waals surface area contributed by atoms with Crippen molar-refractivity contribution in [1.29, 1.82) is 0 Å². The molecule has 1 saturated carbocycles. The van der Waals surface area contributed by atoms with E-state index in [0.29, 0.717) is 28.9 Å². The zero-order valence-corrected chi connectivity index (χ0v) is 15.2. The molecule has 0 radical (unpaired) electrons. The summed E-state index contributed by atoms with van der Waals surface area (Å²) >= 11 is 0. The summed E-state index contributed by atoms with van der Waals surface area (Å²) in [5.74, 6) is 1.28. The van der Waals surface area contributed by atoms with Crippen LogP contribution in [0.2, 0.25) is 0 Å². The molecule has 7 nitrogen and oxygen atoms in total. The summed E-state index contributed by atoms with van der Waals surface area (Å²) in [6.07, 6.45) is 7.55. The van der Waals surface area contributed by atoms with Crippen LogP contribution in [0.25, 0.3) is 39.5 Å². The number of aromatic amines is 1. The molecule has 0 spiro atoms. The fourth-order valence-corrected chi connectivity index (χ4v) is 3.51. The van der Waals surface area contributed by atoms with Crippen molar-refractivity contribution >= 4 is 5.65 Å². The van der Waals surface area contributed by atoms with E-state index < -0.39 is 0 Å². The Morgan fingerprint density at radius 2 is 1.97 bits per heavy atom.